The van der Waals surface area contributed by atoms with Gasteiger partial charge in [-0.15, -0.1) is 8.78 Å². The Labute approximate surface area is 86.4 Å². The molecule has 1 rings (SSSR count). The van der Waals surface area contributed by atoms with Crippen LogP contribution in [0.2, 0.25) is 0 Å². The lowest BCUT2D eigenvalue weighted by molar-refractivity contribution is -0.386. The number of halogens is 4. The molecule has 0 aliphatic carbocycles. The van der Waals surface area contributed by atoms with E-state index in [1.165, 1.54) is 0 Å². The molecule has 82 valence electrons. The molecular formula is C7H3ClF3NO3. The minimum Gasteiger partial charge on any atom is -0.412 e. The van der Waals surface area contributed by atoms with E-state index in [2.05, 4.69) is 16.3 Å². The number of nitrogens with zero attached hydrogens (tertiary/aromatic N) is 1. The van der Waals surface area contributed by atoms with Crippen LogP contribution in [0.3, 0.4) is 0 Å². The highest BCUT2D eigenvalue weighted by Crippen LogP contribution is 2.33. The van der Waals surface area contributed by atoms with Crippen LogP contribution in [0.5, 0.6) is 5.75 Å². The van der Waals surface area contributed by atoms with Crippen LogP contribution in [0.25, 0.3) is 0 Å². The summed E-state index contributed by atoms with van der Waals surface area (Å²) in [7, 11) is 0. The van der Waals surface area contributed by atoms with E-state index in [1.807, 2.05) is 0 Å². The molecule has 0 atom stereocenters. The molecule has 0 radical (unpaired) electrons. The number of hydrogen-bond acceptors (Lipinski definition) is 3. The molecule has 0 heterocycles. The zero-order valence-corrected chi connectivity index (χ0v) is 7.67. The van der Waals surface area contributed by atoms with Gasteiger partial charge in [-0.05, 0) is 6.07 Å². The van der Waals surface area contributed by atoms with Crippen molar-refractivity contribution in [2.24, 2.45) is 0 Å². The summed E-state index contributed by atoms with van der Waals surface area (Å²) in [5, 5.41) is 10.3. The molecule has 1 aromatic rings. The smallest absolute Gasteiger partial charge is 0.412 e. The summed E-state index contributed by atoms with van der Waals surface area (Å²) in [4.78, 5) is 9.35. The average molecular weight is 242 g/mol. The number of ether oxygens (including phenoxy) is 1. The van der Waals surface area contributed by atoms with Crippen molar-refractivity contribution in [3.63, 3.8) is 0 Å². The van der Waals surface area contributed by atoms with Crippen LogP contribution in [0.4, 0.5) is 18.9 Å². The molecule has 0 aliphatic rings. The van der Waals surface area contributed by atoms with Crippen LogP contribution in [0.15, 0.2) is 18.2 Å². The number of alkyl halides is 3. The summed E-state index contributed by atoms with van der Waals surface area (Å²) < 4.78 is 40.7. The van der Waals surface area contributed by atoms with Crippen molar-refractivity contribution in [1.29, 1.82) is 0 Å². The Kier molecular flexibility index (Phi) is 3.04. The van der Waals surface area contributed by atoms with Gasteiger partial charge >= 0.3 is 11.3 Å². The molecule has 0 N–H and O–H groups in total. The highest BCUT2D eigenvalue weighted by Gasteiger charge is 2.31. The molecule has 0 aliphatic heterocycles. The zero-order chi connectivity index (χ0) is 11.6. The second-order valence-electron chi connectivity index (χ2n) is 2.42. The van der Waals surface area contributed by atoms with E-state index in [1.54, 1.807) is 0 Å². The standard InChI is InChI=1S/C7H3ClF3NO3/c8-7(10,11)15-6-3-4(9)1-2-5(6)12(13)14/h1-3H. The van der Waals surface area contributed by atoms with E-state index in [9.17, 15) is 23.3 Å². The van der Waals surface area contributed by atoms with Crippen LogP contribution in [0.1, 0.15) is 0 Å². The van der Waals surface area contributed by atoms with E-state index >= 15 is 0 Å². The van der Waals surface area contributed by atoms with Gasteiger partial charge in [0.1, 0.15) is 5.82 Å². The number of rotatable bonds is 3. The topological polar surface area (TPSA) is 52.4 Å². The van der Waals surface area contributed by atoms with Crippen molar-refractivity contribution in [2.45, 2.75) is 5.57 Å². The second kappa shape index (κ2) is 3.93. The molecule has 0 saturated carbocycles. The Bertz CT molecular complexity index is 394. The first-order chi connectivity index (χ1) is 6.79. The van der Waals surface area contributed by atoms with Crippen molar-refractivity contribution in [2.75, 3.05) is 0 Å². The van der Waals surface area contributed by atoms with Gasteiger partial charge in [-0.2, -0.15) is 0 Å². The predicted molar refractivity (Wildman–Crippen MR) is 44.5 cm³/mol. The van der Waals surface area contributed by atoms with Crippen LogP contribution in [-0.2, 0) is 0 Å². The van der Waals surface area contributed by atoms with Crippen molar-refractivity contribution < 1.29 is 22.8 Å². The highest BCUT2D eigenvalue weighted by atomic mass is 35.5. The average Bonchev–Trinajstić information content (AvgIpc) is 1.99. The lowest BCUT2D eigenvalue weighted by atomic mass is 10.3. The minimum absolute atomic E-state index is 0.453. The number of nitro benzene ring substituents is 1. The maximum atomic E-state index is 12.6. The molecular weight excluding hydrogens is 239 g/mol. The summed E-state index contributed by atoms with van der Waals surface area (Å²) in [6.07, 6.45) is 0. The molecule has 0 fully saturated rings. The largest absolute Gasteiger partial charge is 0.487 e. The SMILES string of the molecule is O=[N+]([O-])c1ccc(F)cc1OC(F)(F)Cl. The zero-order valence-electron chi connectivity index (χ0n) is 6.92. The van der Waals surface area contributed by atoms with Gasteiger partial charge in [0.15, 0.2) is 0 Å². The Balaban J connectivity index is 3.13. The minimum atomic E-state index is -4.13. The summed E-state index contributed by atoms with van der Waals surface area (Å²) in [5.41, 5.74) is -4.92. The molecule has 0 spiro atoms. The third kappa shape index (κ3) is 3.28. The maximum Gasteiger partial charge on any atom is 0.487 e. The lowest BCUT2D eigenvalue weighted by Gasteiger charge is -2.10. The normalized spacial score (nSPS) is 11.2. The maximum absolute atomic E-state index is 12.6. The molecule has 15 heavy (non-hydrogen) atoms. The second-order valence-corrected chi connectivity index (χ2v) is 2.86. The predicted octanol–water partition coefficient (Wildman–Crippen LogP) is 2.90. The Morgan fingerprint density at radius 2 is 2.07 bits per heavy atom. The van der Waals surface area contributed by atoms with Crippen LogP contribution < -0.4 is 4.74 Å². The van der Waals surface area contributed by atoms with Crippen molar-refractivity contribution in [1.82, 2.24) is 0 Å². The van der Waals surface area contributed by atoms with E-state index in [0.717, 1.165) is 6.07 Å². The van der Waals surface area contributed by atoms with Gasteiger partial charge in [-0.1, -0.05) is 0 Å². The van der Waals surface area contributed by atoms with Gasteiger partial charge in [0.05, 0.1) is 4.92 Å². The van der Waals surface area contributed by atoms with Gasteiger partial charge < -0.3 is 4.74 Å². The monoisotopic (exact) mass is 241 g/mol. The van der Waals surface area contributed by atoms with Crippen LogP contribution in [-0.4, -0.2) is 10.5 Å². The summed E-state index contributed by atoms with van der Waals surface area (Å²) in [6, 6.07) is 1.90. The molecule has 0 amide bonds. The van der Waals surface area contributed by atoms with E-state index < -0.39 is 27.7 Å². The summed E-state index contributed by atoms with van der Waals surface area (Å²) in [5.74, 6) is -1.88. The number of benzene rings is 1. The molecule has 8 heteroatoms. The van der Waals surface area contributed by atoms with Crippen molar-refractivity contribution in [3.05, 3.63) is 34.1 Å². The van der Waals surface area contributed by atoms with E-state index in [-0.39, 0.29) is 0 Å². The van der Waals surface area contributed by atoms with Crippen LogP contribution in [0, 0.1) is 15.9 Å². The number of hydrogen-bond donors (Lipinski definition) is 0. The van der Waals surface area contributed by atoms with E-state index in [4.69, 9.17) is 0 Å². The third-order valence-corrected chi connectivity index (χ3v) is 1.42. The first kappa shape index (κ1) is 11.6. The van der Waals surface area contributed by atoms with Crippen LogP contribution >= 0.6 is 11.6 Å². The van der Waals surface area contributed by atoms with Gasteiger partial charge in [-0.3, -0.25) is 10.1 Å². The highest BCUT2D eigenvalue weighted by molar-refractivity contribution is 6.20. The Morgan fingerprint density at radius 1 is 1.47 bits per heavy atom. The fourth-order valence-electron chi connectivity index (χ4n) is 0.845. The molecule has 0 unspecified atom stereocenters. The first-order valence-electron chi connectivity index (χ1n) is 3.49. The van der Waals surface area contributed by atoms with Crippen molar-refractivity contribution >= 4 is 17.3 Å². The molecule has 0 aromatic heterocycles. The van der Waals surface area contributed by atoms with Crippen molar-refractivity contribution in [3.8, 4) is 5.75 Å². The lowest BCUT2D eigenvalue weighted by Crippen LogP contribution is -2.16. The molecule has 0 bridgehead atoms. The van der Waals surface area contributed by atoms with Gasteiger partial charge in [0.25, 0.3) is 0 Å². The summed E-state index contributed by atoms with van der Waals surface area (Å²) in [6.45, 7) is 0. The molecule has 4 nitrogen and oxygen atoms in total. The van der Waals surface area contributed by atoms with Gasteiger partial charge in [0.2, 0.25) is 5.75 Å². The number of nitro groups is 1. The van der Waals surface area contributed by atoms with E-state index in [0.29, 0.717) is 12.1 Å². The first-order valence-corrected chi connectivity index (χ1v) is 3.87. The quantitative estimate of drug-likeness (QED) is 0.464. The fourth-order valence-corrected chi connectivity index (χ4v) is 0.928. The fraction of sp³-hybridized carbons (Fsp3) is 0.143. The molecule has 1 aromatic carbocycles. The summed E-state index contributed by atoms with van der Waals surface area (Å²) >= 11 is 4.40. The van der Waals surface area contributed by atoms with Gasteiger partial charge in [-0.25, -0.2) is 4.39 Å². The van der Waals surface area contributed by atoms with Gasteiger partial charge in [0, 0.05) is 23.7 Å². The molecule has 0 saturated heterocycles. The third-order valence-electron chi connectivity index (χ3n) is 1.34. The Hall–Kier alpha value is -1.50. The Morgan fingerprint density at radius 3 is 2.53 bits per heavy atom.